The van der Waals surface area contributed by atoms with Gasteiger partial charge in [-0.15, -0.1) is 0 Å². The summed E-state index contributed by atoms with van der Waals surface area (Å²) in [6.45, 7) is 11.6. The van der Waals surface area contributed by atoms with Crippen LogP contribution < -0.4 is 26.2 Å². The number of fused-ring (bicyclic) bond motifs is 1. The van der Waals surface area contributed by atoms with Gasteiger partial charge in [-0.25, -0.2) is 9.78 Å². The van der Waals surface area contributed by atoms with Crippen LogP contribution in [0.4, 0.5) is 21.9 Å². The van der Waals surface area contributed by atoms with Crippen molar-refractivity contribution in [3.05, 3.63) is 106 Å². The van der Waals surface area contributed by atoms with Crippen molar-refractivity contribution in [1.29, 1.82) is 0 Å². The third-order valence-electron chi connectivity index (χ3n) is 8.27. The third-order valence-corrected chi connectivity index (χ3v) is 8.27. The van der Waals surface area contributed by atoms with Gasteiger partial charge in [0, 0.05) is 53.9 Å². The van der Waals surface area contributed by atoms with Crippen LogP contribution in [0, 0.1) is 0 Å². The Kier molecular flexibility index (Phi) is 10.6. The molecule has 0 unspecified atom stereocenters. The van der Waals surface area contributed by atoms with Crippen LogP contribution in [-0.4, -0.2) is 27.7 Å². The number of aryl methyl sites for hydroxylation is 1. The predicted molar refractivity (Wildman–Crippen MR) is 192 cm³/mol. The number of carbonyl (C=O) groups excluding carboxylic acids is 1. The molecule has 3 aromatic heterocycles. The zero-order chi connectivity index (χ0) is 33.5. The number of urea groups is 1. The molecule has 5 aromatic rings. The number of benzene rings is 2. The lowest BCUT2D eigenvalue weighted by molar-refractivity contribution is 0.262. The maximum Gasteiger partial charge on any atom is 0.323 e. The highest BCUT2D eigenvalue weighted by Gasteiger charge is 2.24. The van der Waals surface area contributed by atoms with Crippen LogP contribution in [0.3, 0.4) is 0 Å². The Morgan fingerprint density at radius 3 is 2.43 bits per heavy atom. The predicted octanol–water partition coefficient (Wildman–Crippen LogP) is 8.77. The molecule has 0 bridgehead atoms. The van der Waals surface area contributed by atoms with Crippen LogP contribution in [0.2, 0.25) is 0 Å². The van der Waals surface area contributed by atoms with Crippen molar-refractivity contribution in [3.63, 3.8) is 0 Å². The fourth-order valence-electron chi connectivity index (χ4n) is 5.97. The lowest BCUT2D eigenvalue weighted by atomic mass is 9.91. The molecular weight excluding hydrogens is 588 g/mol. The largest absolute Gasteiger partial charge is 0.497 e. The Balaban J connectivity index is 1.61. The molecule has 0 radical (unpaired) electrons. The van der Waals surface area contributed by atoms with Gasteiger partial charge in [-0.05, 0) is 71.3 Å². The number of rotatable bonds is 12. The molecule has 0 aliphatic rings. The monoisotopic (exact) mass is 632 g/mol. The van der Waals surface area contributed by atoms with Gasteiger partial charge >= 0.3 is 6.03 Å². The van der Waals surface area contributed by atoms with Crippen molar-refractivity contribution >= 4 is 34.1 Å². The maximum absolute atomic E-state index is 14.3. The van der Waals surface area contributed by atoms with Gasteiger partial charge in [-0.2, -0.15) is 0 Å². The molecule has 3 N–H and O–H groups in total. The average molecular weight is 633 g/mol. The number of hydrogen-bond donors (Lipinski definition) is 3. The van der Waals surface area contributed by atoms with Gasteiger partial charge in [0.05, 0.1) is 12.8 Å². The molecule has 0 fully saturated rings. The summed E-state index contributed by atoms with van der Waals surface area (Å²) in [5.74, 6) is 0.871. The smallest absolute Gasteiger partial charge is 0.323 e. The lowest BCUT2D eigenvalue weighted by Gasteiger charge is -2.25. The van der Waals surface area contributed by atoms with Gasteiger partial charge in [0.2, 0.25) is 0 Å². The quantitative estimate of drug-likeness (QED) is 0.127. The molecule has 47 heavy (non-hydrogen) atoms. The van der Waals surface area contributed by atoms with Crippen molar-refractivity contribution in [1.82, 2.24) is 14.5 Å². The van der Waals surface area contributed by atoms with Crippen molar-refractivity contribution in [2.24, 2.45) is 0 Å². The normalized spacial score (nSPS) is 11.2. The first-order valence-corrected chi connectivity index (χ1v) is 16.3. The molecule has 9 nitrogen and oxygen atoms in total. The van der Waals surface area contributed by atoms with Crippen LogP contribution in [0.1, 0.15) is 76.0 Å². The zero-order valence-electron chi connectivity index (χ0n) is 28.1. The third kappa shape index (κ3) is 7.30. The van der Waals surface area contributed by atoms with Crippen molar-refractivity contribution in [2.75, 3.05) is 23.1 Å². The molecule has 0 aliphatic heterocycles. The van der Waals surface area contributed by atoms with E-state index in [9.17, 15) is 9.59 Å². The summed E-state index contributed by atoms with van der Waals surface area (Å²) >= 11 is 0. The first kappa shape index (κ1) is 33.2. The van der Waals surface area contributed by atoms with Gasteiger partial charge in [-0.1, -0.05) is 65.3 Å². The van der Waals surface area contributed by atoms with Crippen molar-refractivity contribution in [2.45, 2.75) is 72.4 Å². The number of unbranched alkanes of at least 4 members (excludes halogenated alkanes) is 1. The van der Waals surface area contributed by atoms with E-state index < -0.39 is 6.03 Å². The minimum atomic E-state index is -0.496. The number of ether oxygens (including phenoxy) is 1. The van der Waals surface area contributed by atoms with E-state index in [1.165, 1.54) is 0 Å². The highest BCUT2D eigenvalue weighted by molar-refractivity contribution is 6.08. The number of nitrogens with zero attached hydrogens (tertiary/aromatic N) is 3. The van der Waals surface area contributed by atoms with E-state index >= 15 is 0 Å². The van der Waals surface area contributed by atoms with E-state index in [0.717, 1.165) is 51.9 Å². The molecule has 0 atom stereocenters. The summed E-state index contributed by atoms with van der Waals surface area (Å²) in [4.78, 5) is 37.2. The molecule has 2 amide bonds. The second kappa shape index (κ2) is 14.9. The van der Waals surface area contributed by atoms with Gasteiger partial charge in [0.15, 0.2) is 0 Å². The number of hydrogen-bond acceptors (Lipinski definition) is 6. The maximum atomic E-state index is 14.3. The van der Waals surface area contributed by atoms with Gasteiger partial charge < -0.3 is 20.7 Å². The number of methoxy groups -OCH3 is 1. The minimum absolute atomic E-state index is 0.0887. The number of carbonyl (C=O) groups is 1. The van der Waals surface area contributed by atoms with Crippen LogP contribution in [-0.2, 0) is 13.1 Å². The van der Waals surface area contributed by atoms with Gasteiger partial charge in [0.25, 0.3) is 5.56 Å². The summed E-state index contributed by atoms with van der Waals surface area (Å²) in [5.41, 5.74) is 6.51. The van der Waals surface area contributed by atoms with Crippen LogP contribution in [0.15, 0.2) is 84.0 Å². The van der Waals surface area contributed by atoms with E-state index in [2.05, 4.69) is 72.7 Å². The summed E-state index contributed by atoms with van der Waals surface area (Å²) in [7, 11) is 1.60. The standard InChI is InChI=1S/C38H44N6O3/c1-7-8-20-44-36-30(15-11-19-40-36)33(27-13-9-14-28(21-27)47-6)35(37(44)45)43-38(46)42-34-29(24(2)3)16-17-31(32(34)25(4)5)41-23-26-12-10-18-39-22-26/h9-19,21-22,24-25,41H,7-8,20,23H2,1-6H3,(H2,42,43,46). The molecule has 9 heteroatoms. The fraction of sp³-hybridized carbons (Fsp3) is 0.316. The van der Waals surface area contributed by atoms with Gasteiger partial charge in [-0.3, -0.25) is 14.3 Å². The first-order valence-electron chi connectivity index (χ1n) is 16.3. The molecule has 0 aliphatic carbocycles. The van der Waals surface area contributed by atoms with Crippen molar-refractivity contribution < 1.29 is 9.53 Å². The minimum Gasteiger partial charge on any atom is -0.497 e. The number of anilines is 3. The molecular formula is C38H44N6O3. The van der Waals surface area contributed by atoms with E-state index in [4.69, 9.17) is 4.74 Å². The molecule has 0 saturated carbocycles. The molecule has 3 heterocycles. The average Bonchev–Trinajstić information content (AvgIpc) is 3.07. The SMILES string of the molecule is CCCCn1c(=O)c(NC(=O)Nc2c(C(C)C)ccc(NCc3cccnc3)c2C(C)C)c(-c2cccc(OC)c2)c2cccnc21. The Morgan fingerprint density at radius 1 is 0.936 bits per heavy atom. The van der Waals surface area contributed by atoms with Crippen molar-refractivity contribution in [3.8, 4) is 16.9 Å². The number of amides is 2. The van der Waals surface area contributed by atoms with E-state index in [1.807, 2.05) is 54.7 Å². The topological polar surface area (TPSA) is 110 Å². The Labute approximate surface area is 276 Å². The summed E-state index contributed by atoms with van der Waals surface area (Å²) < 4.78 is 7.18. The number of nitrogens with one attached hydrogen (secondary N) is 3. The van der Waals surface area contributed by atoms with E-state index in [-0.39, 0.29) is 23.1 Å². The van der Waals surface area contributed by atoms with Crippen LogP contribution >= 0.6 is 0 Å². The molecule has 244 valence electrons. The summed E-state index contributed by atoms with van der Waals surface area (Å²) in [5, 5.41) is 10.5. The lowest BCUT2D eigenvalue weighted by Crippen LogP contribution is -2.30. The molecule has 0 spiro atoms. The highest BCUT2D eigenvalue weighted by Crippen LogP contribution is 2.39. The summed E-state index contributed by atoms with van der Waals surface area (Å²) in [6, 6.07) is 18.9. The Morgan fingerprint density at radius 2 is 1.72 bits per heavy atom. The molecule has 2 aromatic carbocycles. The summed E-state index contributed by atoms with van der Waals surface area (Å²) in [6.07, 6.45) is 6.98. The molecule has 0 saturated heterocycles. The zero-order valence-corrected chi connectivity index (χ0v) is 28.1. The highest BCUT2D eigenvalue weighted by atomic mass is 16.5. The van der Waals surface area contributed by atoms with Crippen LogP contribution in [0.25, 0.3) is 22.2 Å². The number of pyridine rings is 3. The molecule has 5 rings (SSSR count). The van der Waals surface area contributed by atoms with Gasteiger partial charge in [0.1, 0.15) is 17.1 Å². The number of aromatic nitrogens is 3. The van der Waals surface area contributed by atoms with E-state index in [0.29, 0.717) is 30.0 Å². The Bertz CT molecular complexity index is 1920. The second-order valence-electron chi connectivity index (χ2n) is 12.3. The second-order valence-corrected chi connectivity index (χ2v) is 12.3. The van der Waals surface area contributed by atoms with E-state index in [1.54, 1.807) is 24.1 Å². The fourth-order valence-corrected chi connectivity index (χ4v) is 5.97. The first-order chi connectivity index (χ1) is 22.7. The van der Waals surface area contributed by atoms with Crippen LogP contribution in [0.5, 0.6) is 5.75 Å². The Hall–Kier alpha value is -5.18.